The highest BCUT2D eigenvalue weighted by Crippen LogP contribution is 2.38. The van der Waals surface area contributed by atoms with E-state index in [1.54, 1.807) is 0 Å². The van der Waals surface area contributed by atoms with E-state index in [0.717, 1.165) is 6.42 Å². The van der Waals surface area contributed by atoms with Crippen LogP contribution in [0.25, 0.3) is 0 Å². The van der Waals surface area contributed by atoms with E-state index < -0.39 is 0 Å². The highest BCUT2D eigenvalue weighted by atomic mass is 16.1. The molecule has 98 valence electrons. The monoisotopic (exact) mass is 246 g/mol. The van der Waals surface area contributed by atoms with Crippen molar-refractivity contribution in [2.75, 3.05) is 6.54 Å². The number of carbonyl (C=O) groups excluding carboxylic acids is 1. The Morgan fingerprint density at radius 1 is 1.39 bits per heavy atom. The lowest BCUT2D eigenvalue weighted by Gasteiger charge is -2.29. The van der Waals surface area contributed by atoms with Crippen LogP contribution in [0.2, 0.25) is 0 Å². The van der Waals surface area contributed by atoms with Crippen LogP contribution in [-0.4, -0.2) is 18.0 Å². The molecule has 3 N–H and O–H groups in total. The zero-order chi connectivity index (χ0) is 13.0. The number of nitrogens with one attached hydrogen (secondary N) is 1. The fourth-order valence-electron chi connectivity index (χ4n) is 2.32. The van der Waals surface area contributed by atoms with Gasteiger partial charge in [-0.1, -0.05) is 30.3 Å². The van der Waals surface area contributed by atoms with Crippen molar-refractivity contribution in [3.05, 3.63) is 35.9 Å². The molecule has 1 amide bonds. The Labute approximate surface area is 109 Å². The third kappa shape index (κ3) is 3.33. The molecule has 0 heterocycles. The summed E-state index contributed by atoms with van der Waals surface area (Å²) in [6.45, 7) is 2.58. The van der Waals surface area contributed by atoms with Crippen LogP contribution in [0.3, 0.4) is 0 Å². The summed E-state index contributed by atoms with van der Waals surface area (Å²) in [5, 5.41) is 3.11. The Hall–Kier alpha value is -1.35. The van der Waals surface area contributed by atoms with Crippen LogP contribution in [0.15, 0.2) is 30.3 Å². The highest BCUT2D eigenvalue weighted by molar-refractivity contribution is 5.77. The maximum Gasteiger partial charge on any atom is 0.220 e. The van der Waals surface area contributed by atoms with E-state index in [1.807, 2.05) is 18.2 Å². The number of carbonyl (C=O) groups is 1. The topological polar surface area (TPSA) is 55.1 Å². The van der Waals surface area contributed by atoms with Crippen molar-refractivity contribution >= 4 is 5.91 Å². The molecular formula is C15H22N2O. The smallest absolute Gasteiger partial charge is 0.220 e. The number of hydrogen-bond acceptors (Lipinski definition) is 2. The van der Waals surface area contributed by atoms with Gasteiger partial charge in [0.25, 0.3) is 0 Å². The predicted octanol–water partition coefficient (Wildman–Crippen LogP) is 1.86. The molecule has 0 spiro atoms. The van der Waals surface area contributed by atoms with Crippen molar-refractivity contribution in [2.45, 2.75) is 38.1 Å². The van der Waals surface area contributed by atoms with Crippen LogP contribution in [0.1, 0.15) is 31.7 Å². The van der Waals surface area contributed by atoms with E-state index in [2.05, 4.69) is 24.4 Å². The van der Waals surface area contributed by atoms with Crippen LogP contribution < -0.4 is 11.1 Å². The molecular weight excluding hydrogens is 224 g/mol. The third-order valence-corrected chi connectivity index (χ3v) is 3.81. The summed E-state index contributed by atoms with van der Waals surface area (Å²) in [6, 6.07) is 10.1. The van der Waals surface area contributed by atoms with Crippen molar-refractivity contribution in [3.63, 3.8) is 0 Å². The Kier molecular flexibility index (Phi) is 4.02. The fourth-order valence-corrected chi connectivity index (χ4v) is 2.32. The molecule has 1 saturated carbocycles. The van der Waals surface area contributed by atoms with E-state index in [0.29, 0.717) is 18.9 Å². The van der Waals surface area contributed by atoms with Gasteiger partial charge in [0.15, 0.2) is 0 Å². The van der Waals surface area contributed by atoms with Gasteiger partial charge in [-0.2, -0.15) is 0 Å². The van der Waals surface area contributed by atoms with Crippen LogP contribution in [0, 0.1) is 5.92 Å². The lowest BCUT2D eigenvalue weighted by atomic mass is 9.95. The molecule has 0 aromatic heterocycles. The second-order valence-corrected chi connectivity index (χ2v) is 5.43. The van der Waals surface area contributed by atoms with Gasteiger partial charge in [-0.15, -0.1) is 0 Å². The molecule has 3 nitrogen and oxygen atoms in total. The van der Waals surface area contributed by atoms with Crippen molar-refractivity contribution in [1.29, 1.82) is 0 Å². The Morgan fingerprint density at radius 2 is 2.06 bits per heavy atom. The molecule has 1 aliphatic carbocycles. The standard InChI is InChI=1S/C15H22N2O/c1-15(11-16,13-8-9-13)17-14(18)10-7-12-5-3-2-4-6-12/h2-6,13H,7-11,16H2,1H3,(H,17,18). The van der Waals surface area contributed by atoms with Crippen LogP contribution >= 0.6 is 0 Å². The third-order valence-electron chi connectivity index (χ3n) is 3.81. The molecule has 0 radical (unpaired) electrons. The first kappa shape index (κ1) is 13.1. The molecule has 18 heavy (non-hydrogen) atoms. The largest absolute Gasteiger partial charge is 0.349 e. The molecule has 0 aliphatic heterocycles. The van der Waals surface area contributed by atoms with Gasteiger partial charge < -0.3 is 11.1 Å². The maximum atomic E-state index is 12.0. The summed E-state index contributed by atoms with van der Waals surface area (Å²) in [7, 11) is 0. The molecule has 1 aromatic rings. The molecule has 1 aromatic carbocycles. The van der Waals surface area contributed by atoms with Gasteiger partial charge in [0, 0.05) is 13.0 Å². The molecule has 0 saturated heterocycles. The number of amides is 1. The highest BCUT2D eigenvalue weighted by Gasteiger charge is 2.41. The number of rotatable bonds is 6. The quantitative estimate of drug-likeness (QED) is 0.805. The number of aryl methyl sites for hydroxylation is 1. The average Bonchev–Trinajstić information content (AvgIpc) is 3.22. The minimum atomic E-state index is -0.201. The summed E-state index contributed by atoms with van der Waals surface area (Å²) < 4.78 is 0. The minimum Gasteiger partial charge on any atom is -0.349 e. The van der Waals surface area contributed by atoms with Gasteiger partial charge in [0.1, 0.15) is 0 Å². The summed E-state index contributed by atoms with van der Waals surface area (Å²) in [5.74, 6) is 0.682. The van der Waals surface area contributed by atoms with Gasteiger partial charge >= 0.3 is 0 Å². The molecule has 3 heteroatoms. The predicted molar refractivity (Wildman–Crippen MR) is 73.1 cm³/mol. The summed E-state index contributed by atoms with van der Waals surface area (Å²) in [6.07, 6.45) is 3.70. The second-order valence-electron chi connectivity index (χ2n) is 5.43. The van der Waals surface area contributed by atoms with Crippen molar-refractivity contribution < 1.29 is 4.79 Å². The molecule has 1 aliphatic rings. The minimum absolute atomic E-state index is 0.110. The number of hydrogen-bond donors (Lipinski definition) is 2. The van der Waals surface area contributed by atoms with E-state index in [9.17, 15) is 4.79 Å². The van der Waals surface area contributed by atoms with Crippen LogP contribution in [-0.2, 0) is 11.2 Å². The first-order valence-corrected chi connectivity index (χ1v) is 6.69. The Bertz CT molecular complexity index is 400. The second kappa shape index (κ2) is 5.53. The lowest BCUT2D eigenvalue weighted by Crippen LogP contribution is -2.53. The fraction of sp³-hybridized carbons (Fsp3) is 0.533. The SMILES string of the molecule is CC(CN)(NC(=O)CCc1ccccc1)C1CC1. The zero-order valence-electron chi connectivity index (χ0n) is 11.0. The Morgan fingerprint density at radius 3 is 2.61 bits per heavy atom. The summed E-state index contributed by atoms with van der Waals surface area (Å²) in [4.78, 5) is 12.0. The molecule has 0 bridgehead atoms. The zero-order valence-corrected chi connectivity index (χ0v) is 11.0. The summed E-state index contributed by atoms with van der Waals surface area (Å²) in [5.41, 5.74) is 6.79. The van der Waals surface area contributed by atoms with E-state index in [-0.39, 0.29) is 11.4 Å². The van der Waals surface area contributed by atoms with Gasteiger partial charge in [0.05, 0.1) is 5.54 Å². The average molecular weight is 246 g/mol. The van der Waals surface area contributed by atoms with Crippen LogP contribution in [0.5, 0.6) is 0 Å². The van der Waals surface area contributed by atoms with Gasteiger partial charge in [0.2, 0.25) is 5.91 Å². The van der Waals surface area contributed by atoms with Gasteiger partial charge in [-0.3, -0.25) is 4.79 Å². The lowest BCUT2D eigenvalue weighted by molar-refractivity contribution is -0.123. The van der Waals surface area contributed by atoms with Crippen LogP contribution in [0.4, 0.5) is 0 Å². The molecule has 1 atom stereocenters. The van der Waals surface area contributed by atoms with E-state index in [4.69, 9.17) is 5.73 Å². The van der Waals surface area contributed by atoms with E-state index >= 15 is 0 Å². The first-order chi connectivity index (χ1) is 8.64. The molecule has 1 unspecified atom stereocenters. The van der Waals surface area contributed by atoms with Crippen molar-refractivity contribution in [2.24, 2.45) is 11.7 Å². The van der Waals surface area contributed by atoms with Crippen molar-refractivity contribution in [3.8, 4) is 0 Å². The van der Waals surface area contributed by atoms with Crippen molar-refractivity contribution in [1.82, 2.24) is 5.32 Å². The molecule has 2 rings (SSSR count). The number of nitrogens with two attached hydrogens (primary N) is 1. The van der Waals surface area contributed by atoms with E-state index in [1.165, 1.54) is 18.4 Å². The van der Waals surface area contributed by atoms with Gasteiger partial charge in [-0.05, 0) is 37.7 Å². The summed E-state index contributed by atoms with van der Waals surface area (Å²) >= 11 is 0. The first-order valence-electron chi connectivity index (χ1n) is 6.69. The normalized spacial score (nSPS) is 18.1. The van der Waals surface area contributed by atoms with Gasteiger partial charge in [-0.25, -0.2) is 0 Å². The molecule has 1 fully saturated rings. The number of benzene rings is 1. The maximum absolute atomic E-state index is 12.0. The Balaban J connectivity index is 1.81.